The monoisotopic (exact) mass is 339 g/mol. The first-order chi connectivity index (χ1) is 12.8. The summed E-state index contributed by atoms with van der Waals surface area (Å²) in [4.78, 5) is 11.7. The van der Waals surface area contributed by atoms with E-state index in [2.05, 4.69) is 67.6 Å². The molecule has 2 heteroatoms. The molecule has 2 aromatic heterocycles. The molecule has 2 nitrogen and oxygen atoms in total. The Hall–Kier alpha value is -3.13. The molecule has 128 valence electrons. The second-order valence-corrected chi connectivity index (χ2v) is 6.69. The topological polar surface area (TPSA) is 21.5 Å². The molecule has 4 aromatic rings. The molecule has 0 aliphatic carbocycles. The first-order valence-corrected chi connectivity index (χ1v) is 8.95. The number of aromatic nitrogens is 1. The minimum Gasteiger partial charge on any atom is -0.313 e. The van der Waals surface area contributed by atoms with E-state index in [1.54, 1.807) is 0 Å². The number of carbonyl (C=O) groups excluding carboxylic acids is 1. The highest BCUT2D eigenvalue weighted by Gasteiger charge is 2.12. The minimum atomic E-state index is 0.709. The van der Waals surface area contributed by atoms with Crippen molar-refractivity contribution in [1.82, 2.24) is 4.40 Å². The van der Waals surface area contributed by atoms with Crippen LogP contribution in [0.1, 0.15) is 27.2 Å². The Morgan fingerprint density at radius 3 is 2.23 bits per heavy atom. The molecule has 2 heterocycles. The summed E-state index contributed by atoms with van der Waals surface area (Å²) in [7, 11) is 0. The molecule has 0 spiro atoms. The number of rotatable bonds is 5. The maximum Gasteiger partial charge on any atom is 0.167 e. The normalized spacial score (nSPS) is 11.0. The molecular weight excluding hydrogens is 318 g/mol. The number of aryl methyl sites for hydroxylation is 3. The van der Waals surface area contributed by atoms with Crippen molar-refractivity contribution >= 4 is 11.8 Å². The number of pyridine rings is 1. The molecule has 0 amide bonds. The number of carbonyl (C=O) groups is 1. The molecule has 0 N–H and O–H groups in total. The van der Waals surface area contributed by atoms with Crippen molar-refractivity contribution in [2.75, 3.05) is 0 Å². The van der Waals surface area contributed by atoms with Gasteiger partial charge in [0.15, 0.2) is 6.29 Å². The standard InChI is InChI=1S/C24H21NO/c1-18-6-5-15-25-23(18)16-22(24(25)17-26)21-13-11-20(12-14-21)10-9-19-7-3-2-4-8-19/h2-8,11-17H,9-10H2,1H3. The second-order valence-electron chi connectivity index (χ2n) is 6.69. The van der Waals surface area contributed by atoms with Gasteiger partial charge in [0.2, 0.25) is 0 Å². The van der Waals surface area contributed by atoms with Crippen molar-refractivity contribution in [2.45, 2.75) is 19.8 Å². The van der Waals surface area contributed by atoms with E-state index in [4.69, 9.17) is 0 Å². The largest absolute Gasteiger partial charge is 0.313 e. The van der Waals surface area contributed by atoms with Crippen LogP contribution >= 0.6 is 0 Å². The third kappa shape index (κ3) is 3.06. The molecule has 0 saturated heterocycles. The van der Waals surface area contributed by atoms with Gasteiger partial charge in [-0.1, -0.05) is 60.7 Å². The van der Waals surface area contributed by atoms with Crippen molar-refractivity contribution in [3.8, 4) is 11.1 Å². The molecule has 0 aliphatic rings. The highest BCUT2D eigenvalue weighted by Crippen LogP contribution is 2.28. The number of benzene rings is 2. The van der Waals surface area contributed by atoms with Gasteiger partial charge in [0, 0.05) is 17.3 Å². The quantitative estimate of drug-likeness (QED) is 0.439. The number of fused-ring (bicyclic) bond motifs is 1. The average molecular weight is 339 g/mol. The number of hydrogen-bond donors (Lipinski definition) is 0. The Morgan fingerprint density at radius 1 is 0.846 bits per heavy atom. The summed E-state index contributed by atoms with van der Waals surface area (Å²) in [5.74, 6) is 0. The summed E-state index contributed by atoms with van der Waals surface area (Å²) in [5.41, 5.74) is 7.70. The minimum absolute atomic E-state index is 0.709. The van der Waals surface area contributed by atoms with Crippen LogP contribution < -0.4 is 0 Å². The summed E-state index contributed by atoms with van der Waals surface area (Å²) in [6.45, 7) is 2.07. The van der Waals surface area contributed by atoms with Gasteiger partial charge in [0.25, 0.3) is 0 Å². The van der Waals surface area contributed by atoms with Crippen LogP contribution in [0.15, 0.2) is 79.0 Å². The average Bonchev–Trinajstić information content (AvgIpc) is 3.07. The van der Waals surface area contributed by atoms with Crippen LogP contribution in [0.2, 0.25) is 0 Å². The third-order valence-electron chi connectivity index (χ3n) is 4.98. The summed E-state index contributed by atoms with van der Waals surface area (Å²) in [6.07, 6.45) is 4.95. The van der Waals surface area contributed by atoms with Gasteiger partial charge in [-0.2, -0.15) is 0 Å². The van der Waals surface area contributed by atoms with Gasteiger partial charge in [-0.3, -0.25) is 4.79 Å². The lowest BCUT2D eigenvalue weighted by Crippen LogP contribution is -1.93. The van der Waals surface area contributed by atoms with Gasteiger partial charge in [0.05, 0.1) is 5.69 Å². The molecule has 0 radical (unpaired) electrons. The van der Waals surface area contributed by atoms with E-state index in [0.717, 1.165) is 35.8 Å². The molecule has 0 bridgehead atoms. The Kier molecular flexibility index (Phi) is 4.40. The van der Waals surface area contributed by atoms with Crippen molar-refractivity contribution in [3.63, 3.8) is 0 Å². The molecular formula is C24H21NO. The molecule has 26 heavy (non-hydrogen) atoms. The van der Waals surface area contributed by atoms with E-state index < -0.39 is 0 Å². The van der Waals surface area contributed by atoms with E-state index >= 15 is 0 Å². The first kappa shape index (κ1) is 16.3. The molecule has 0 saturated carbocycles. The fraction of sp³-hybridized carbons (Fsp3) is 0.125. The zero-order chi connectivity index (χ0) is 17.9. The van der Waals surface area contributed by atoms with Crippen LogP contribution in [0.4, 0.5) is 0 Å². The van der Waals surface area contributed by atoms with Crippen LogP contribution in [0.3, 0.4) is 0 Å². The molecule has 0 fully saturated rings. The van der Waals surface area contributed by atoms with E-state index in [1.807, 2.05) is 22.7 Å². The first-order valence-electron chi connectivity index (χ1n) is 8.95. The van der Waals surface area contributed by atoms with E-state index in [0.29, 0.717) is 5.69 Å². The summed E-state index contributed by atoms with van der Waals surface area (Å²) in [5, 5.41) is 0. The lowest BCUT2D eigenvalue weighted by atomic mass is 10.0. The second kappa shape index (κ2) is 7.01. The summed E-state index contributed by atoms with van der Waals surface area (Å²) >= 11 is 0. The maximum absolute atomic E-state index is 11.7. The Balaban J connectivity index is 1.62. The zero-order valence-electron chi connectivity index (χ0n) is 14.9. The fourth-order valence-electron chi connectivity index (χ4n) is 3.50. The predicted octanol–water partition coefficient (Wildman–Crippen LogP) is 5.51. The van der Waals surface area contributed by atoms with Crippen LogP contribution in [0.5, 0.6) is 0 Å². The van der Waals surface area contributed by atoms with Crippen LogP contribution in [0, 0.1) is 6.92 Å². The lowest BCUT2D eigenvalue weighted by molar-refractivity contribution is 0.111. The van der Waals surface area contributed by atoms with Crippen molar-refractivity contribution in [2.24, 2.45) is 0 Å². The third-order valence-corrected chi connectivity index (χ3v) is 4.98. The highest BCUT2D eigenvalue weighted by molar-refractivity contribution is 5.90. The molecule has 0 aliphatic heterocycles. The molecule has 0 unspecified atom stereocenters. The number of hydrogen-bond acceptors (Lipinski definition) is 1. The van der Waals surface area contributed by atoms with Crippen molar-refractivity contribution < 1.29 is 4.79 Å². The Morgan fingerprint density at radius 2 is 1.54 bits per heavy atom. The summed E-state index contributed by atoms with van der Waals surface area (Å²) < 4.78 is 1.97. The number of aldehydes is 1. The Bertz CT molecular complexity index is 1040. The highest BCUT2D eigenvalue weighted by atomic mass is 16.1. The maximum atomic E-state index is 11.7. The van der Waals surface area contributed by atoms with Crippen LogP contribution in [-0.2, 0) is 12.8 Å². The van der Waals surface area contributed by atoms with E-state index in [-0.39, 0.29) is 0 Å². The number of nitrogens with zero attached hydrogens (tertiary/aromatic N) is 1. The summed E-state index contributed by atoms with van der Waals surface area (Å²) in [6, 6.07) is 25.3. The van der Waals surface area contributed by atoms with Gasteiger partial charge >= 0.3 is 0 Å². The predicted molar refractivity (Wildman–Crippen MR) is 107 cm³/mol. The zero-order valence-corrected chi connectivity index (χ0v) is 14.9. The van der Waals surface area contributed by atoms with Crippen LogP contribution in [-0.4, -0.2) is 10.7 Å². The van der Waals surface area contributed by atoms with Gasteiger partial charge in [0.1, 0.15) is 0 Å². The SMILES string of the molecule is Cc1cccn2c(C=O)c(-c3ccc(CCc4ccccc4)cc3)cc12. The van der Waals surface area contributed by atoms with E-state index in [1.165, 1.54) is 16.7 Å². The van der Waals surface area contributed by atoms with Crippen molar-refractivity contribution in [3.05, 3.63) is 101 Å². The van der Waals surface area contributed by atoms with Crippen molar-refractivity contribution in [1.29, 1.82) is 0 Å². The molecule has 0 atom stereocenters. The van der Waals surface area contributed by atoms with Crippen LogP contribution in [0.25, 0.3) is 16.6 Å². The lowest BCUT2D eigenvalue weighted by Gasteiger charge is -2.05. The van der Waals surface area contributed by atoms with Gasteiger partial charge in [-0.05, 0) is 54.2 Å². The van der Waals surface area contributed by atoms with Gasteiger partial charge in [-0.25, -0.2) is 0 Å². The fourth-order valence-corrected chi connectivity index (χ4v) is 3.50. The smallest absolute Gasteiger partial charge is 0.167 e. The van der Waals surface area contributed by atoms with Gasteiger partial charge in [-0.15, -0.1) is 0 Å². The molecule has 4 rings (SSSR count). The Labute approximate surface area is 153 Å². The van der Waals surface area contributed by atoms with Gasteiger partial charge < -0.3 is 4.40 Å². The molecule has 2 aromatic carbocycles. The van der Waals surface area contributed by atoms with E-state index in [9.17, 15) is 4.79 Å².